The van der Waals surface area contributed by atoms with E-state index in [4.69, 9.17) is 4.42 Å². The number of aromatic nitrogens is 3. The molecular formula is C18H27N5O. The lowest BCUT2D eigenvalue weighted by Crippen LogP contribution is -2.35. The van der Waals surface area contributed by atoms with E-state index in [1.807, 2.05) is 31.1 Å². The van der Waals surface area contributed by atoms with Crippen LogP contribution in [-0.4, -0.2) is 53.8 Å². The molecule has 0 radical (unpaired) electrons. The molecular weight excluding hydrogens is 302 g/mol. The molecule has 1 aliphatic heterocycles. The lowest BCUT2D eigenvalue weighted by molar-refractivity contribution is 0.179. The van der Waals surface area contributed by atoms with Crippen molar-refractivity contribution in [3.8, 4) is 11.6 Å². The third kappa shape index (κ3) is 3.93. The van der Waals surface area contributed by atoms with Crippen molar-refractivity contribution in [1.82, 2.24) is 20.1 Å². The van der Waals surface area contributed by atoms with Crippen molar-refractivity contribution in [3.63, 3.8) is 0 Å². The Labute approximate surface area is 143 Å². The average Bonchev–Trinajstić information content (AvgIpc) is 3.07. The lowest BCUT2D eigenvalue weighted by Gasteiger charge is -2.31. The SMILES string of the molecule is CC1CCN(CC(C)c2nnc(-c3cc(N(C)C)ccn3)o2)CC1. The summed E-state index contributed by atoms with van der Waals surface area (Å²) in [7, 11) is 4.00. The highest BCUT2D eigenvalue weighted by atomic mass is 16.4. The third-order valence-corrected chi connectivity index (χ3v) is 4.75. The Bertz CT molecular complexity index is 661. The van der Waals surface area contributed by atoms with Crippen LogP contribution in [0, 0.1) is 5.92 Å². The number of piperidine rings is 1. The van der Waals surface area contributed by atoms with Crippen LogP contribution in [0.4, 0.5) is 5.69 Å². The predicted molar refractivity (Wildman–Crippen MR) is 95.1 cm³/mol. The fraction of sp³-hybridized carbons (Fsp3) is 0.611. The van der Waals surface area contributed by atoms with Crippen molar-refractivity contribution in [1.29, 1.82) is 0 Å². The van der Waals surface area contributed by atoms with Crippen molar-refractivity contribution in [2.24, 2.45) is 5.92 Å². The van der Waals surface area contributed by atoms with E-state index in [-0.39, 0.29) is 5.92 Å². The molecule has 3 rings (SSSR count). The molecule has 0 spiro atoms. The Morgan fingerprint density at radius 1 is 1.29 bits per heavy atom. The van der Waals surface area contributed by atoms with Gasteiger partial charge in [-0.3, -0.25) is 4.98 Å². The largest absolute Gasteiger partial charge is 0.419 e. The molecule has 1 fully saturated rings. The van der Waals surface area contributed by atoms with Gasteiger partial charge in [-0.2, -0.15) is 0 Å². The van der Waals surface area contributed by atoms with E-state index in [9.17, 15) is 0 Å². The van der Waals surface area contributed by atoms with Gasteiger partial charge in [0, 0.05) is 38.4 Å². The molecule has 130 valence electrons. The number of nitrogens with zero attached hydrogens (tertiary/aromatic N) is 5. The molecule has 1 aliphatic rings. The lowest BCUT2D eigenvalue weighted by atomic mass is 9.98. The molecule has 0 saturated carbocycles. The standard InChI is InChI=1S/C18H27N5O/c1-13-6-9-23(10-7-13)12-14(2)17-20-21-18(24-17)16-11-15(22(3)4)5-8-19-16/h5,8,11,13-14H,6-7,9-10,12H2,1-4H3. The zero-order chi connectivity index (χ0) is 17.1. The van der Waals surface area contributed by atoms with Crippen LogP contribution in [0.5, 0.6) is 0 Å². The molecule has 0 aromatic carbocycles. The fourth-order valence-corrected chi connectivity index (χ4v) is 3.06. The van der Waals surface area contributed by atoms with E-state index in [1.54, 1.807) is 6.20 Å². The summed E-state index contributed by atoms with van der Waals surface area (Å²) in [5.74, 6) is 2.27. The van der Waals surface area contributed by atoms with E-state index >= 15 is 0 Å². The van der Waals surface area contributed by atoms with Crippen molar-refractivity contribution in [2.75, 3.05) is 38.6 Å². The van der Waals surface area contributed by atoms with Crippen molar-refractivity contribution in [2.45, 2.75) is 32.6 Å². The van der Waals surface area contributed by atoms with E-state index in [1.165, 1.54) is 25.9 Å². The fourth-order valence-electron chi connectivity index (χ4n) is 3.06. The maximum atomic E-state index is 5.90. The molecule has 2 aromatic heterocycles. The molecule has 0 bridgehead atoms. The molecule has 0 amide bonds. The van der Waals surface area contributed by atoms with Crippen molar-refractivity contribution < 1.29 is 4.42 Å². The van der Waals surface area contributed by atoms with Gasteiger partial charge < -0.3 is 14.2 Å². The van der Waals surface area contributed by atoms with Gasteiger partial charge in [0.15, 0.2) is 0 Å². The Balaban J connectivity index is 1.67. The normalized spacial score (nSPS) is 17.8. The van der Waals surface area contributed by atoms with Gasteiger partial charge in [0.1, 0.15) is 5.69 Å². The van der Waals surface area contributed by atoms with Crippen molar-refractivity contribution in [3.05, 3.63) is 24.2 Å². The summed E-state index contributed by atoms with van der Waals surface area (Å²) in [6.07, 6.45) is 4.33. The Hall–Kier alpha value is -1.95. The van der Waals surface area contributed by atoms with Crippen LogP contribution in [0.25, 0.3) is 11.6 Å². The maximum absolute atomic E-state index is 5.90. The number of likely N-dealkylation sites (tertiary alicyclic amines) is 1. The van der Waals surface area contributed by atoms with E-state index in [2.05, 4.69) is 33.9 Å². The number of anilines is 1. The molecule has 2 aromatic rings. The first-order chi connectivity index (χ1) is 11.5. The molecule has 1 saturated heterocycles. The molecule has 6 nitrogen and oxygen atoms in total. The summed E-state index contributed by atoms with van der Waals surface area (Å²) < 4.78 is 5.90. The van der Waals surface area contributed by atoms with E-state index in [0.717, 1.165) is 23.8 Å². The summed E-state index contributed by atoms with van der Waals surface area (Å²) in [4.78, 5) is 8.89. The van der Waals surface area contributed by atoms with Gasteiger partial charge in [-0.05, 0) is 44.0 Å². The zero-order valence-electron chi connectivity index (χ0n) is 15.1. The predicted octanol–water partition coefficient (Wildman–Crippen LogP) is 3.03. The molecule has 1 atom stereocenters. The first-order valence-corrected chi connectivity index (χ1v) is 8.72. The molecule has 0 aliphatic carbocycles. The van der Waals surface area contributed by atoms with Gasteiger partial charge in [0.05, 0.1) is 0 Å². The summed E-state index contributed by atoms with van der Waals surface area (Å²) >= 11 is 0. The van der Waals surface area contributed by atoms with Gasteiger partial charge >= 0.3 is 0 Å². The van der Waals surface area contributed by atoms with Crippen LogP contribution in [0.1, 0.15) is 38.5 Å². The molecule has 24 heavy (non-hydrogen) atoms. The second-order valence-corrected chi connectivity index (χ2v) is 7.12. The number of pyridine rings is 1. The van der Waals surface area contributed by atoms with Crippen LogP contribution in [0.15, 0.2) is 22.7 Å². The van der Waals surface area contributed by atoms with E-state index < -0.39 is 0 Å². The van der Waals surface area contributed by atoms with Gasteiger partial charge in [-0.15, -0.1) is 10.2 Å². The number of rotatable bonds is 5. The highest BCUT2D eigenvalue weighted by molar-refractivity contribution is 5.56. The quantitative estimate of drug-likeness (QED) is 0.840. The highest BCUT2D eigenvalue weighted by Gasteiger charge is 2.22. The summed E-state index contributed by atoms with van der Waals surface area (Å²) in [6, 6.07) is 3.93. The number of hydrogen-bond acceptors (Lipinski definition) is 6. The van der Waals surface area contributed by atoms with Crippen LogP contribution in [0.2, 0.25) is 0 Å². The van der Waals surface area contributed by atoms with Gasteiger partial charge in [-0.25, -0.2) is 0 Å². The summed E-state index contributed by atoms with van der Waals surface area (Å²) in [6.45, 7) is 7.79. The minimum atomic E-state index is 0.233. The van der Waals surface area contributed by atoms with Crippen molar-refractivity contribution >= 4 is 5.69 Å². The zero-order valence-corrected chi connectivity index (χ0v) is 15.1. The highest BCUT2D eigenvalue weighted by Crippen LogP contribution is 2.24. The molecule has 6 heteroatoms. The van der Waals surface area contributed by atoms with Crippen LogP contribution < -0.4 is 4.90 Å². The minimum absolute atomic E-state index is 0.233. The van der Waals surface area contributed by atoms with Crippen LogP contribution in [0.3, 0.4) is 0 Å². The van der Waals surface area contributed by atoms with E-state index in [0.29, 0.717) is 11.8 Å². The Morgan fingerprint density at radius 2 is 2.04 bits per heavy atom. The average molecular weight is 329 g/mol. The summed E-state index contributed by atoms with van der Waals surface area (Å²) in [5, 5.41) is 8.45. The minimum Gasteiger partial charge on any atom is -0.419 e. The van der Waals surface area contributed by atoms with Crippen LogP contribution >= 0.6 is 0 Å². The summed E-state index contributed by atoms with van der Waals surface area (Å²) in [5.41, 5.74) is 1.79. The third-order valence-electron chi connectivity index (χ3n) is 4.75. The first kappa shape index (κ1) is 16.9. The monoisotopic (exact) mass is 329 g/mol. The molecule has 3 heterocycles. The smallest absolute Gasteiger partial charge is 0.266 e. The van der Waals surface area contributed by atoms with Gasteiger partial charge in [-0.1, -0.05) is 13.8 Å². The topological polar surface area (TPSA) is 58.3 Å². The second-order valence-electron chi connectivity index (χ2n) is 7.12. The number of hydrogen-bond donors (Lipinski definition) is 0. The molecule has 1 unspecified atom stereocenters. The first-order valence-electron chi connectivity index (χ1n) is 8.72. The Kier molecular flexibility index (Phi) is 5.14. The maximum Gasteiger partial charge on any atom is 0.266 e. The van der Waals surface area contributed by atoms with Gasteiger partial charge in [0.2, 0.25) is 5.89 Å². The van der Waals surface area contributed by atoms with Gasteiger partial charge in [0.25, 0.3) is 5.89 Å². The molecule has 0 N–H and O–H groups in total. The Morgan fingerprint density at radius 3 is 2.75 bits per heavy atom. The van der Waals surface area contributed by atoms with Crippen LogP contribution in [-0.2, 0) is 0 Å². The second kappa shape index (κ2) is 7.30.